The van der Waals surface area contributed by atoms with E-state index in [1.807, 2.05) is 30.3 Å². The molecule has 0 radical (unpaired) electrons. The molecule has 0 saturated carbocycles. The Bertz CT molecular complexity index is 759. The van der Waals surface area contributed by atoms with Gasteiger partial charge in [-0.1, -0.05) is 42.5 Å². The predicted molar refractivity (Wildman–Crippen MR) is 86.9 cm³/mol. The number of hydrogen-bond donors (Lipinski definition) is 0. The molecule has 0 aromatic heterocycles. The van der Waals surface area contributed by atoms with Crippen molar-refractivity contribution < 1.29 is 19.2 Å². The molecule has 0 N–H and O–H groups in total. The van der Waals surface area contributed by atoms with Crippen LogP contribution in [0.15, 0.2) is 48.5 Å². The summed E-state index contributed by atoms with van der Waals surface area (Å²) in [5.41, 5.74) is 1.59. The lowest BCUT2D eigenvalue weighted by atomic mass is 9.80. The summed E-state index contributed by atoms with van der Waals surface area (Å²) in [6, 6.07) is 14.6. The normalized spacial score (nSPS) is 19.3. The number of para-hydroxylation sites is 1. The first-order valence-corrected chi connectivity index (χ1v) is 7.64. The van der Waals surface area contributed by atoms with Crippen molar-refractivity contribution in [3.8, 4) is 11.5 Å². The van der Waals surface area contributed by atoms with Crippen LogP contribution in [-0.2, 0) is 11.2 Å². The van der Waals surface area contributed by atoms with Crippen LogP contribution in [0.1, 0.15) is 17.0 Å². The second kappa shape index (κ2) is 6.70. The zero-order valence-corrected chi connectivity index (χ0v) is 13.2. The second-order valence-electron chi connectivity index (χ2n) is 5.72. The molecule has 24 heavy (non-hydrogen) atoms. The zero-order valence-electron chi connectivity index (χ0n) is 13.2. The Morgan fingerprint density at radius 1 is 1.12 bits per heavy atom. The molecule has 2 aromatic rings. The average Bonchev–Trinajstić information content (AvgIpc) is 2.58. The van der Waals surface area contributed by atoms with Crippen molar-refractivity contribution >= 4 is 5.97 Å². The van der Waals surface area contributed by atoms with Gasteiger partial charge in [-0.3, -0.25) is 14.9 Å². The van der Waals surface area contributed by atoms with E-state index in [1.165, 1.54) is 7.11 Å². The van der Waals surface area contributed by atoms with Gasteiger partial charge in [0.15, 0.2) is 11.5 Å². The van der Waals surface area contributed by atoms with Gasteiger partial charge in [0.2, 0.25) is 6.54 Å². The minimum absolute atomic E-state index is 0.293. The van der Waals surface area contributed by atoms with Crippen LogP contribution in [0.4, 0.5) is 0 Å². The van der Waals surface area contributed by atoms with E-state index in [4.69, 9.17) is 9.47 Å². The fourth-order valence-electron chi connectivity index (χ4n) is 3.13. The lowest BCUT2D eigenvalue weighted by Gasteiger charge is -2.30. The van der Waals surface area contributed by atoms with E-state index < -0.39 is 17.8 Å². The van der Waals surface area contributed by atoms with E-state index in [0.29, 0.717) is 23.5 Å². The second-order valence-corrected chi connectivity index (χ2v) is 5.72. The predicted octanol–water partition coefficient (Wildman–Crippen LogP) is 2.83. The van der Waals surface area contributed by atoms with Gasteiger partial charge in [-0.25, -0.2) is 0 Å². The molecular formula is C18H17NO5. The van der Waals surface area contributed by atoms with E-state index in [0.717, 1.165) is 5.56 Å². The third-order valence-corrected chi connectivity index (χ3v) is 4.26. The van der Waals surface area contributed by atoms with Crippen LogP contribution in [0.3, 0.4) is 0 Å². The maximum absolute atomic E-state index is 12.5. The van der Waals surface area contributed by atoms with Gasteiger partial charge in [-0.2, -0.15) is 0 Å². The number of benzene rings is 2. The Morgan fingerprint density at radius 3 is 2.54 bits per heavy atom. The maximum atomic E-state index is 12.5. The van der Waals surface area contributed by atoms with Crippen LogP contribution in [0, 0.1) is 16.0 Å². The summed E-state index contributed by atoms with van der Waals surface area (Å²) in [5, 5.41) is 11.2. The van der Waals surface area contributed by atoms with Crippen molar-refractivity contribution in [1.82, 2.24) is 0 Å². The fourth-order valence-corrected chi connectivity index (χ4v) is 3.13. The quantitative estimate of drug-likeness (QED) is 0.365. The monoisotopic (exact) mass is 327 g/mol. The summed E-state index contributed by atoms with van der Waals surface area (Å²) in [5.74, 6) is -0.903. The third-order valence-electron chi connectivity index (χ3n) is 4.26. The smallest absolute Gasteiger partial charge is 0.315 e. The van der Waals surface area contributed by atoms with Gasteiger partial charge in [0, 0.05) is 10.5 Å². The van der Waals surface area contributed by atoms with E-state index in [1.54, 1.807) is 18.2 Å². The Balaban J connectivity index is 2.01. The molecule has 2 aromatic carbocycles. The molecule has 6 heteroatoms. The highest BCUT2D eigenvalue weighted by Crippen LogP contribution is 2.44. The van der Waals surface area contributed by atoms with Crippen LogP contribution in [0.5, 0.6) is 11.5 Å². The third kappa shape index (κ3) is 3.08. The number of carbonyl (C=O) groups excluding carboxylic acids is 1. The van der Waals surface area contributed by atoms with Crippen LogP contribution in [0.25, 0.3) is 0 Å². The largest absolute Gasteiger partial charge is 0.493 e. The highest BCUT2D eigenvalue weighted by atomic mass is 16.6. The average molecular weight is 327 g/mol. The number of hydrogen-bond acceptors (Lipinski definition) is 5. The first kappa shape index (κ1) is 16.0. The fraction of sp³-hybridized carbons (Fsp3) is 0.278. The molecule has 1 aliphatic heterocycles. The molecule has 1 aliphatic rings. The van der Waals surface area contributed by atoms with Gasteiger partial charge in [0.1, 0.15) is 0 Å². The van der Waals surface area contributed by atoms with Gasteiger partial charge >= 0.3 is 5.97 Å². The molecule has 0 unspecified atom stereocenters. The summed E-state index contributed by atoms with van der Waals surface area (Å²) in [6.45, 7) is -0.327. The van der Waals surface area contributed by atoms with E-state index in [9.17, 15) is 14.9 Å². The molecule has 124 valence electrons. The van der Waals surface area contributed by atoms with Crippen molar-refractivity contribution in [2.45, 2.75) is 12.3 Å². The number of methoxy groups -OCH3 is 1. The standard InChI is InChI=1S/C18H17NO5/c1-23-16-9-5-8-13-15(11-19(21)22)14(18(20)24-17(13)16)10-12-6-3-2-4-7-12/h2-9,14-15H,10-11H2,1H3/t14-,15-/m0/s1. The minimum atomic E-state index is -0.600. The molecule has 0 spiro atoms. The topological polar surface area (TPSA) is 78.7 Å². The van der Waals surface area contributed by atoms with Crippen molar-refractivity contribution in [2.75, 3.05) is 13.7 Å². The van der Waals surface area contributed by atoms with Crippen LogP contribution in [0.2, 0.25) is 0 Å². The number of ether oxygens (including phenoxy) is 2. The molecule has 6 nitrogen and oxygen atoms in total. The lowest BCUT2D eigenvalue weighted by Crippen LogP contribution is -2.36. The van der Waals surface area contributed by atoms with Gasteiger partial charge < -0.3 is 9.47 Å². The van der Waals surface area contributed by atoms with Gasteiger partial charge in [-0.15, -0.1) is 0 Å². The molecule has 0 saturated heterocycles. The Kier molecular flexibility index (Phi) is 4.46. The summed E-state index contributed by atoms with van der Waals surface area (Å²) >= 11 is 0. The molecule has 0 amide bonds. The zero-order chi connectivity index (χ0) is 17.1. The first-order chi connectivity index (χ1) is 11.6. The molecule has 0 fully saturated rings. The Hall–Kier alpha value is -2.89. The minimum Gasteiger partial charge on any atom is -0.493 e. The Morgan fingerprint density at radius 2 is 1.88 bits per heavy atom. The van der Waals surface area contributed by atoms with Crippen molar-refractivity contribution in [1.29, 1.82) is 0 Å². The summed E-state index contributed by atoms with van der Waals surface area (Å²) < 4.78 is 10.7. The summed E-state index contributed by atoms with van der Waals surface area (Å²) in [4.78, 5) is 23.3. The van der Waals surface area contributed by atoms with Crippen LogP contribution < -0.4 is 9.47 Å². The number of nitro groups is 1. The van der Waals surface area contributed by atoms with E-state index in [2.05, 4.69) is 0 Å². The first-order valence-electron chi connectivity index (χ1n) is 7.64. The SMILES string of the molecule is COc1cccc2c1OC(=O)[C@@H](Cc1ccccc1)[C@H]2C[N+](=O)[O-]. The summed E-state index contributed by atoms with van der Waals surface area (Å²) in [7, 11) is 1.47. The van der Waals surface area contributed by atoms with E-state index >= 15 is 0 Å². The molecule has 3 rings (SSSR count). The molecule has 1 heterocycles. The van der Waals surface area contributed by atoms with Crippen molar-refractivity contribution in [3.63, 3.8) is 0 Å². The molecule has 0 aliphatic carbocycles. The highest BCUT2D eigenvalue weighted by Gasteiger charge is 2.41. The van der Waals surface area contributed by atoms with Crippen LogP contribution >= 0.6 is 0 Å². The van der Waals surface area contributed by atoms with Gasteiger partial charge in [-0.05, 0) is 18.1 Å². The maximum Gasteiger partial charge on any atom is 0.315 e. The Labute approximate surface area is 139 Å². The van der Waals surface area contributed by atoms with Crippen molar-refractivity contribution in [3.05, 3.63) is 69.8 Å². The van der Waals surface area contributed by atoms with Crippen molar-refractivity contribution in [2.24, 2.45) is 5.92 Å². The number of esters is 1. The number of nitrogens with zero attached hydrogens (tertiary/aromatic N) is 1. The number of fused-ring (bicyclic) bond motifs is 1. The number of carbonyl (C=O) groups is 1. The highest BCUT2D eigenvalue weighted by molar-refractivity contribution is 5.81. The van der Waals surface area contributed by atoms with Crippen LogP contribution in [-0.4, -0.2) is 24.5 Å². The van der Waals surface area contributed by atoms with Gasteiger partial charge in [0.05, 0.1) is 18.9 Å². The summed E-state index contributed by atoms with van der Waals surface area (Å²) in [6.07, 6.45) is 0.398. The van der Waals surface area contributed by atoms with Gasteiger partial charge in [0.25, 0.3) is 0 Å². The molecule has 2 atom stereocenters. The lowest BCUT2D eigenvalue weighted by molar-refractivity contribution is -0.484. The number of rotatable bonds is 5. The molecule has 0 bridgehead atoms. The van der Waals surface area contributed by atoms with E-state index in [-0.39, 0.29) is 11.5 Å². The molecular weight excluding hydrogens is 310 g/mol.